The first-order valence-electron chi connectivity index (χ1n) is 11.3. The van der Waals surface area contributed by atoms with E-state index in [4.69, 9.17) is 17.0 Å². The number of carbonyl (C=O) groups is 1. The second-order valence-electron chi connectivity index (χ2n) is 8.20. The fraction of sp³-hybridized carbons (Fsp3) is 0.280. The van der Waals surface area contributed by atoms with Crippen LogP contribution in [0.2, 0.25) is 0 Å². The Morgan fingerprint density at radius 1 is 1.18 bits per heavy atom. The van der Waals surface area contributed by atoms with Crippen molar-refractivity contribution >= 4 is 51.7 Å². The molecule has 1 amide bonds. The summed E-state index contributed by atoms with van der Waals surface area (Å²) >= 11 is 6.68. The monoisotopic (exact) mass is 492 g/mol. The van der Waals surface area contributed by atoms with E-state index in [9.17, 15) is 9.59 Å². The zero-order chi connectivity index (χ0) is 23.5. The third-order valence-electron chi connectivity index (χ3n) is 5.88. The first kappa shape index (κ1) is 22.8. The topological polar surface area (TPSA) is 75.9 Å². The normalized spacial score (nSPS) is 19.5. The SMILES string of the molecule is O=C1/C(=C/c2c(NCCc3ccccc3)nc3ccccn3c2=O)SC(=S)N1C[C@H]1CCCO1. The Balaban J connectivity index is 1.45. The van der Waals surface area contributed by atoms with Gasteiger partial charge in [-0.2, -0.15) is 0 Å². The second kappa shape index (κ2) is 10.1. The molecule has 9 heteroatoms. The standard InChI is InChI=1S/C25H24N4O3S2/c30-23-19(15-20-24(31)29(25(33)34-20)16-18-9-6-14-32-18)22(27-21-10-4-5-13-28(21)23)26-12-11-17-7-2-1-3-8-17/h1-5,7-8,10,13,15,18,26H,6,9,11-12,14,16H2/b20-15-/t18-/m1/s1. The minimum absolute atomic E-state index is 0.00465. The van der Waals surface area contributed by atoms with Gasteiger partial charge < -0.3 is 10.1 Å². The predicted octanol–water partition coefficient (Wildman–Crippen LogP) is 3.73. The van der Waals surface area contributed by atoms with E-state index in [0.717, 1.165) is 19.3 Å². The van der Waals surface area contributed by atoms with Crippen molar-refractivity contribution in [2.75, 3.05) is 25.0 Å². The van der Waals surface area contributed by atoms with E-state index in [1.165, 1.54) is 21.7 Å². The summed E-state index contributed by atoms with van der Waals surface area (Å²) in [6.45, 7) is 1.76. The van der Waals surface area contributed by atoms with E-state index < -0.39 is 0 Å². The van der Waals surface area contributed by atoms with Gasteiger partial charge >= 0.3 is 0 Å². The Labute approximate surface area is 206 Å². The minimum atomic E-state index is -0.239. The third-order valence-corrected chi connectivity index (χ3v) is 7.25. The molecule has 2 fully saturated rings. The molecule has 0 saturated carbocycles. The predicted molar refractivity (Wildman–Crippen MR) is 139 cm³/mol. The Kier molecular flexibility index (Phi) is 6.75. The van der Waals surface area contributed by atoms with Crippen LogP contribution in [-0.2, 0) is 16.0 Å². The molecular formula is C25H24N4O3S2. The molecule has 0 aliphatic carbocycles. The molecule has 34 heavy (non-hydrogen) atoms. The largest absolute Gasteiger partial charge is 0.376 e. The smallest absolute Gasteiger partial charge is 0.267 e. The number of carbonyl (C=O) groups excluding carboxylic acids is 1. The van der Waals surface area contributed by atoms with E-state index in [1.54, 1.807) is 29.3 Å². The Bertz CT molecular complexity index is 1320. The molecule has 2 aliphatic rings. The summed E-state index contributed by atoms with van der Waals surface area (Å²) in [6.07, 6.45) is 5.99. The van der Waals surface area contributed by atoms with Gasteiger partial charge in [-0.05, 0) is 43.0 Å². The zero-order valence-corrected chi connectivity index (χ0v) is 20.1. The van der Waals surface area contributed by atoms with Crippen molar-refractivity contribution in [2.45, 2.75) is 25.4 Å². The lowest BCUT2D eigenvalue weighted by molar-refractivity contribution is -0.123. The van der Waals surface area contributed by atoms with Gasteiger partial charge in [0.1, 0.15) is 15.8 Å². The quantitative estimate of drug-likeness (QED) is 0.398. The van der Waals surface area contributed by atoms with Gasteiger partial charge in [0, 0.05) is 19.3 Å². The van der Waals surface area contributed by atoms with Crippen LogP contribution in [0, 0.1) is 0 Å². The maximum absolute atomic E-state index is 13.4. The van der Waals surface area contributed by atoms with Crippen molar-refractivity contribution in [1.29, 1.82) is 0 Å². The molecule has 1 atom stereocenters. The van der Waals surface area contributed by atoms with Crippen LogP contribution in [0.15, 0.2) is 64.4 Å². The van der Waals surface area contributed by atoms with Crippen molar-refractivity contribution in [3.05, 3.63) is 81.1 Å². The Morgan fingerprint density at radius 3 is 2.79 bits per heavy atom. The van der Waals surface area contributed by atoms with Crippen LogP contribution in [0.4, 0.5) is 5.82 Å². The molecule has 0 radical (unpaired) electrons. The highest BCUT2D eigenvalue weighted by molar-refractivity contribution is 8.26. The highest BCUT2D eigenvalue weighted by atomic mass is 32.2. The molecule has 2 aliphatic heterocycles. The van der Waals surface area contributed by atoms with Crippen molar-refractivity contribution in [3.63, 3.8) is 0 Å². The summed E-state index contributed by atoms with van der Waals surface area (Å²) in [6, 6.07) is 15.5. The van der Waals surface area contributed by atoms with Gasteiger partial charge in [-0.3, -0.25) is 18.9 Å². The maximum Gasteiger partial charge on any atom is 0.267 e. The summed E-state index contributed by atoms with van der Waals surface area (Å²) in [5, 5.41) is 3.31. The summed E-state index contributed by atoms with van der Waals surface area (Å²) in [7, 11) is 0. The second-order valence-corrected chi connectivity index (χ2v) is 9.87. The minimum Gasteiger partial charge on any atom is -0.376 e. The molecule has 2 aromatic heterocycles. The van der Waals surface area contributed by atoms with Gasteiger partial charge in [0.2, 0.25) is 0 Å². The fourth-order valence-corrected chi connectivity index (χ4v) is 5.37. The van der Waals surface area contributed by atoms with Gasteiger partial charge in [0.15, 0.2) is 0 Å². The molecular weight excluding hydrogens is 468 g/mol. The molecule has 2 saturated heterocycles. The van der Waals surface area contributed by atoms with E-state index in [-0.39, 0.29) is 17.6 Å². The molecule has 0 spiro atoms. The average molecular weight is 493 g/mol. The molecule has 5 rings (SSSR count). The maximum atomic E-state index is 13.4. The molecule has 4 heterocycles. The third kappa shape index (κ3) is 4.77. The number of hydrogen-bond acceptors (Lipinski definition) is 7. The lowest BCUT2D eigenvalue weighted by atomic mass is 10.1. The van der Waals surface area contributed by atoms with Crippen LogP contribution in [0.3, 0.4) is 0 Å². The number of nitrogens with zero attached hydrogens (tertiary/aromatic N) is 3. The molecule has 0 bridgehead atoms. The number of benzene rings is 1. The average Bonchev–Trinajstić information content (AvgIpc) is 3.46. The van der Waals surface area contributed by atoms with Crippen molar-refractivity contribution < 1.29 is 9.53 Å². The van der Waals surface area contributed by atoms with Crippen LogP contribution < -0.4 is 10.9 Å². The summed E-state index contributed by atoms with van der Waals surface area (Å²) in [5.41, 5.74) is 1.83. The zero-order valence-electron chi connectivity index (χ0n) is 18.5. The van der Waals surface area contributed by atoms with Crippen molar-refractivity contribution in [3.8, 4) is 0 Å². The van der Waals surface area contributed by atoms with E-state index >= 15 is 0 Å². The highest BCUT2D eigenvalue weighted by Gasteiger charge is 2.35. The van der Waals surface area contributed by atoms with Gasteiger partial charge in [-0.15, -0.1) is 0 Å². The number of aromatic nitrogens is 2. The summed E-state index contributed by atoms with van der Waals surface area (Å²) < 4.78 is 7.65. The van der Waals surface area contributed by atoms with E-state index in [0.29, 0.717) is 46.0 Å². The molecule has 1 aromatic carbocycles. The van der Waals surface area contributed by atoms with Gasteiger partial charge in [0.25, 0.3) is 11.5 Å². The molecule has 3 aromatic rings. The number of rotatable bonds is 7. The van der Waals surface area contributed by atoms with Gasteiger partial charge in [-0.25, -0.2) is 4.98 Å². The number of thioether (sulfide) groups is 1. The number of thiocarbonyl (C=S) groups is 1. The number of hydrogen-bond donors (Lipinski definition) is 1. The number of pyridine rings is 1. The van der Waals surface area contributed by atoms with Gasteiger partial charge in [0.05, 0.1) is 23.1 Å². The number of ether oxygens (including phenoxy) is 1. The fourth-order valence-electron chi connectivity index (χ4n) is 4.12. The van der Waals surface area contributed by atoms with Gasteiger partial charge in [-0.1, -0.05) is 60.4 Å². The van der Waals surface area contributed by atoms with E-state index in [2.05, 4.69) is 22.4 Å². The van der Waals surface area contributed by atoms with Crippen LogP contribution >= 0.6 is 24.0 Å². The Morgan fingerprint density at radius 2 is 2.00 bits per heavy atom. The Hall–Kier alpha value is -3.01. The summed E-state index contributed by atoms with van der Waals surface area (Å²) in [4.78, 5) is 33.2. The van der Waals surface area contributed by atoms with E-state index in [1.807, 2.05) is 24.3 Å². The first-order valence-corrected chi connectivity index (χ1v) is 12.5. The van der Waals surface area contributed by atoms with Crippen LogP contribution in [0.25, 0.3) is 11.7 Å². The lowest BCUT2D eigenvalue weighted by Gasteiger charge is -2.18. The number of anilines is 1. The van der Waals surface area contributed by atoms with Crippen LogP contribution in [-0.4, -0.2) is 50.3 Å². The van der Waals surface area contributed by atoms with Crippen molar-refractivity contribution in [2.24, 2.45) is 0 Å². The highest BCUT2D eigenvalue weighted by Crippen LogP contribution is 2.34. The molecule has 1 N–H and O–H groups in total. The first-order chi connectivity index (χ1) is 16.6. The molecule has 174 valence electrons. The summed E-state index contributed by atoms with van der Waals surface area (Å²) in [5.74, 6) is 0.259. The number of nitrogens with one attached hydrogen (secondary N) is 1. The van der Waals surface area contributed by atoms with Crippen LogP contribution in [0.5, 0.6) is 0 Å². The number of amides is 1. The van der Waals surface area contributed by atoms with Crippen LogP contribution in [0.1, 0.15) is 24.0 Å². The lowest BCUT2D eigenvalue weighted by Crippen LogP contribution is -2.35. The van der Waals surface area contributed by atoms with Crippen molar-refractivity contribution in [1.82, 2.24) is 14.3 Å². The molecule has 7 nitrogen and oxygen atoms in total. The molecule has 0 unspecified atom stereocenters. The number of fused-ring (bicyclic) bond motifs is 1.